The van der Waals surface area contributed by atoms with Crippen LogP contribution < -0.4 is 10.6 Å². The zero-order valence-electron chi connectivity index (χ0n) is 14.6. The van der Waals surface area contributed by atoms with Crippen LogP contribution in [-0.4, -0.2) is 49.5 Å². The molecule has 2 aromatic heterocycles. The highest BCUT2D eigenvalue weighted by Gasteiger charge is 2.22. The molecule has 0 radical (unpaired) electrons. The topological polar surface area (TPSA) is 133 Å². The number of hydrogen-bond acceptors (Lipinski definition) is 6. The predicted octanol–water partition coefficient (Wildman–Crippen LogP) is 1.24. The molecule has 0 aliphatic heterocycles. The van der Waals surface area contributed by atoms with Crippen LogP contribution in [0.3, 0.4) is 0 Å². The van der Waals surface area contributed by atoms with Crippen molar-refractivity contribution >= 4 is 39.8 Å². The number of imidazole rings is 1. The number of anilines is 1. The summed E-state index contributed by atoms with van der Waals surface area (Å²) in [5.41, 5.74) is 2.71. The zero-order chi connectivity index (χ0) is 19.5. The standard InChI is InChI=1S/C19H16N6O3/c26-10-16(18(28)25-19-23-13-7-3-4-8-14(13)24-19)22-17(27)15-9-20-11-5-1-2-6-12(11)21-15/h1-9,16,26H,10H2,(H,22,27)(H2,23,24,25,28)/t16-/m0/s1. The van der Waals surface area contributed by atoms with Gasteiger partial charge in [0.25, 0.3) is 11.8 Å². The Labute approximate surface area is 158 Å². The first-order chi connectivity index (χ1) is 13.6. The van der Waals surface area contributed by atoms with E-state index in [-0.39, 0.29) is 11.6 Å². The summed E-state index contributed by atoms with van der Waals surface area (Å²) < 4.78 is 0. The molecule has 0 saturated heterocycles. The van der Waals surface area contributed by atoms with Gasteiger partial charge in [-0.1, -0.05) is 24.3 Å². The number of aromatic nitrogens is 4. The molecule has 140 valence electrons. The van der Waals surface area contributed by atoms with Crippen LogP contribution in [0, 0.1) is 0 Å². The molecule has 0 unspecified atom stereocenters. The molecule has 28 heavy (non-hydrogen) atoms. The number of carbonyl (C=O) groups excluding carboxylic acids is 2. The molecule has 9 heteroatoms. The number of aliphatic hydroxyl groups is 1. The third-order valence-electron chi connectivity index (χ3n) is 4.12. The number of H-pyrrole nitrogens is 1. The minimum atomic E-state index is -1.17. The molecule has 0 spiro atoms. The third-order valence-corrected chi connectivity index (χ3v) is 4.12. The molecule has 0 bridgehead atoms. The van der Waals surface area contributed by atoms with Crippen LogP contribution in [0.15, 0.2) is 54.7 Å². The van der Waals surface area contributed by atoms with Gasteiger partial charge in [-0.25, -0.2) is 9.97 Å². The molecule has 4 N–H and O–H groups in total. The Morgan fingerprint density at radius 2 is 1.71 bits per heavy atom. The van der Waals surface area contributed by atoms with Gasteiger partial charge in [0, 0.05) is 0 Å². The fraction of sp³-hybridized carbons (Fsp3) is 0.105. The Kier molecular flexibility index (Phi) is 4.65. The van der Waals surface area contributed by atoms with Crippen LogP contribution in [0.1, 0.15) is 10.5 Å². The quantitative estimate of drug-likeness (QED) is 0.414. The number of amides is 2. The van der Waals surface area contributed by atoms with Crippen molar-refractivity contribution in [2.24, 2.45) is 0 Å². The number of fused-ring (bicyclic) bond motifs is 2. The molecular formula is C19H16N6O3. The van der Waals surface area contributed by atoms with Gasteiger partial charge < -0.3 is 15.4 Å². The van der Waals surface area contributed by atoms with E-state index in [0.717, 1.165) is 5.52 Å². The number of rotatable bonds is 5. The summed E-state index contributed by atoms with van der Waals surface area (Å²) in [6.07, 6.45) is 1.32. The van der Waals surface area contributed by atoms with E-state index < -0.39 is 24.5 Å². The minimum absolute atomic E-state index is 0.0497. The molecule has 0 fully saturated rings. The van der Waals surface area contributed by atoms with Gasteiger partial charge in [0.1, 0.15) is 11.7 Å². The molecule has 2 amide bonds. The lowest BCUT2D eigenvalue weighted by Crippen LogP contribution is -2.46. The third kappa shape index (κ3) is 3.51. The Morgan fingerprint density at radius 1 is 1.00 bits per heavy atom. The highest BCUT2D eigenvalue weighted by molar-refractivity contribution is 6.00. The van der Waals surface area contributed by atoms with Crippen molar-refractivity contribution in [2.45, 2.75) is 6.04 Å². The lowest BCUT2D eigenvalue weighted by atomic mass is 10.2. The van der Waals surface area contributed by atoms with Crippen molar-refractivity contribution in [3.05, 3.63) is 60.4 Å². The lowest BCUT2D eigenvalue weighted by molar-refractivity contribution is -0.118. The van der Waals surface area contributed by atoms with Gasteiger partial charge in [-0.15, -0.1) is 0 Å². The van der Waals surface area contributed by atoms with E-state index >= 15 is 0 Å². The first-order valence-corrected chi connectivity index (χ1v) is 8.53. The van der Waals surface area contributed by atoms with E-state index in [1.165, 1.54) is 6.20 Å². The Hall–Kier alpha value is -3.85. The van der Waals surface area contributed by atoms with Gasteiger partial charge >= 0.3 is 0 Å². The Balaban J connectivity index is 1.47. The molecule has 2 heterocycles. The van der Waals surface area contributed by atoms with Crippen molar-refractivity contribution in [2.75, 3.05) is 11.9 Å². The molecule has 1 atom stereocenters. The van der Waals surface area contributed by atoms with E-state index in [2.05, 4.69) is 30.6 Å². The van der Waals surface area contributed by atoms with Crippen LogP contribution in [-0.2, 0) is 4.79 Å². The van der Waals surface area contributed by atoms with Crippen LogP contribution in [0.25, 0.3) is 22.1 Å². The van der Waals surface area contributed by atoms with E-state index in [1.54, 1.807) is 24.3 Å². The van der Waals surface area contributed by atoms with E-state index in [1.807, 2.05) is 24.3 Å². The molecule has 4 aromatic rings. The van der Waals surface area contributed by atoms with Crippen LogP contribution >= 0.6 is 0 Å². The van der Waals surface area contributed by atoms with Crippen LogP contribution in [0.5, 0.6) is 0 Å². The summed E-state index contributed by atoms with van der Waals surface area (Å²) in [5.74, 6) is -0.995. The lowest BCUT2D eigenvalue weighted by Gasteiger charge is -2.15. The second kappa shape index (κ2) is 7.41. The number of nitrogens with one attached hydrogen (secondary N) is 3. The molecule has 0 aliphatic rings. The van der Waals surface area contributed by atoms with Crippen molar-refractivity contribution in [1.82, 2.24) is 25.3 Å². The number of carbonyl (C=O) groups is 2. The molecule has 0 aliphatic carbocycles. The van der Waals surface area contributed by atoms with Gasteiger partial charge in [-0.2, -0.15) is 0 Å². The second-order valence-electron chi connectivity index (χ2n) is 6.04. The fourth-order valence-electron chi connectivity index (χ4n) is 2.71. The fourth-order valence-corrected chi connectivity index (χ4v) is 2.71. The zero-order valence-corrected chi connectivity index (χ0v) is 14.6. The SMILES string of the molecule is O=C(N[C@@H](CO)C(=O)Nc1nc2ccccc2[nH]1)c1cnc2ccccc2n1. The van der Waals surface area contributed by atoms with Gasteiger partial charge in [0.05, 0.1) is 34.9 Å². The predicted molar refractivity (Wildman–Crippen MR) is 103 cm³/mol. The maximum Gasteiger partial charge on any atom is 0.272 e. The van der Waals surface area contributed by atoms with E-state index in [9.17, 15) is 14.7 Å². The summed E-state index contributed by atoms with van der Waals surface area (Å²) in [6, 6.07) is 13.2. The van der Waals surface area contributed by atoms with E-state index in [4.69, 9.17) is 0 Å². The summed E-state index contributed by atoms with van der Waals surface area (Å²) in [4.78, 5) is 40.4. The van der Waals surface area contributed by atoms with Crippen molar-refractivity contribution in [3.63, 3.8) is 0 Å². The first-order valence-electron chi connectivity index (χ1n) is 8.53. The molecule has 4 rings (SSSR count). The maximum absolute atomic E-state index is 12.4. The average molecular weight is 376 g/mol. The number of hydrogen-bond donors (Lipinski definition) is 4. The summed E-state index contributed by atoms with van der Waals surface area (Å²) in [6.45, 7) is -0.585. The minimum Gasteiger partial charge on any atom is -0.394 e. The highest BCUT2D eigenvalue weighted by atomic mass is 16.3. The summed E-state index contributed by atoms with van der Waals surface area (Å²) in [5, 5.41) is 14.5. The monoisotopic (exact) mass is 376 g/mol. The summed E-state index contributed by atoms with van der Waals surface area (Å²) in [7, 11) is 0. The average Bonchev–Trinajstić information content (AvgIpc) is 3.13. The second-order valence-corrected chi connectivity index (χ2v) is 6.04. The van der Waals surface area contributed by atoms with Gasteiger partial charge in [0.15, 0.2) is 0 Å². The Morgan fingerprint density at radius 3 is 2.46 bits per heavy atom. The van der Waals surface area contributed by atoms with Crippen molar-refractivity contribution in [3.8, 4) is 0 Å². The van der Waals surface area contributed by atoms with Gasteiger partial charge in [0.2, 0.25) is 5.95 Å². The molecular weight excluding hydrogens is 360 g/mol. The molecule has 2 aromatic carbocycles. The number of aliphatic hydroxyl groups excluding tert-OH is 1. The van der Waals surface area contributed by atoms with Crippen molar-refractivity contribution in [1.29, 1.82) is 0 Å². The first kappa shape index (κ1) is 17.6. The van der Waals surface area contributed by atoms with Gasteiger partial charge in [-0.3, -0.25) is 19.9 Å². The molecule has 9 nitrogen and oxygen atoms in total. The number of aromatic amines is 1. The van der Waals surface area contributed by atoms with Crippen molar-refractivity contribution < 1.29 is 14.7 Å². The smallest absolute Gasteiger partial charge is 0.272 e. The largest absolute Gasteiger partial charge is 0.394 e. The normalized spacial score (nSPS) is 12.0. The molecule has 0 saturated carbocycles. The van der Waals surface area contributed by atoms with Gasteiger partial charge in [-0.05, 0) is 24.3 Å². The highest BCUT2D eigenvalue weighted by Crippen LogP contribution is 2.13. The number of benzene rings is 2. The number of nitrogens with zero attached hydrogens (tertiary/aromatic N) is 3. The number of para-hydroxylation sites is 4. The van der Waals surface area contributed by atoms with Crippen LogP contribution in [0.4, 0.5) is 5.95 Å². The van der Waals surface area contributed by atoms with E-state index in [0.29, 0.717) is 16.6 Å². The maximum atomic E-state index is 12.4. The summed E-state index contributed by atoms with van der Waals surface area (Å²) >= 11 is 0. The van der Waals surface area contributed by atoms with Crippen LogP contribution in [0.2, 0.25) is 0 Å². The Bertz CT molecular complexity index is 1140.